The van der Waals surface area contributed by atoms with Gasteiger partial charge in [-0.25, -0.2) is 4.79 Å². The third-order valence-corrected chi connectivity index (χ3v) is 4.88. The zero-order valence-corrected chi connectivity index (χ0v) is 19.6. The van der Waals surface area contributed by atoms with Gasteiger partial charge < -0.3 is 24.3 Å². The molecule has 0 aromatic heterocycles. The number of carbonyl (C=O) groups excluding carboxylic acids is 2. The smallest absolute Gasteiger partial charge is 0.408 e. The third kappa shape index (κ3) is 10.4. The van der Waals surface area contributed by atoms with Gasteiger partial charge in [0.25, 0.3) is 0 Å². The molecule has 1 amide bonds. The third-order valence-electron chi connectivity index (χ3n) is 4.88. The van der Waals surface area contributed by atoms with Gasteiger partial charge in [0.1, 0.15) is 24.4 Å². The summed E-state index contributed by atoms with van der Waals surface area (Å²) < 4.78 is 22.3. The number of esters is 1. The van der Waals surface area contributed by atoms with Crippen LogP contribution in [0.4, 0.5) is 4.79 Å². The van der Waals surface area contributed by atoms with E-state index in [9.17, 15) is 9.59 Å². The molecule has 30 heavy (non-hydrogen) atoms. The van der Waals surface area contributed by atoms with Gasteiger partial charge in [0.2, 0.25) is 0 Å². The number of hydrogen-bond donors (Lipinski definition) is 1. The number of hydrogen-bond acceptors (Lipinski definition) is 6. The molecule has 1 heterocycles. The van der Waals surface area contributed by atoms with Crippen LogP contribution in [0.5, 0.6) is 0 Å². The van der Waals surface area contributed by atoms with Crippen LogP contribution in [-0.4, -0.2) is 56.2 Å². The Morgan fingerprint density at radius 1 is 1.13 bits per heavy atom. The van der Waals surface area contributed by atoms with Crippen LogP contribution in [0.2, 0.25) is 0 Å². The average Bonchev–Trinajstić information content (AvgIpc) is 2.66. The summed E-state index contributed by atoms with van der Waals surface area (Å²) in [6, 6.07) is 0. The molecule has 1 rings (SSSR count). The summed E-state index contributed by atoms with van der Waals surface area (Å²) in [4.78, 5) is 24.1. The zero-order chi connectivity index (χ0) is 22.6. The fourth-order valence-corrected chi connectivity index (χ4v) is 3.38. The van der Waals surface area contributed by atoms with Gasteiger partial charge in [0.05, 0.1) is 6.61 Å². The summed E-state index contributed by atoms with van der Waals surface area (Å²) in [7, 11) is 1.61. The topological polar surface area (TPSA) is 83.1 Å². The fraction of sp³-hybridized carbons (Fsp3) is 0.826. The van der Waals surface area contributed by atoms with Crippen molar-refractivity contribution in [3.63, 3.8) is 0 Å². The van der Waals surface area contributed by atoms with Crippen molar-refractivity contribution in [3.05, 3.63) is 12.2 Å². The van der Waals surface area contributed by atoms with Crippen LogP contribution in [-0.2, 0) is 23.7 Å². The lowest BCUT2D eigenvalue weighted by Crippen LogP contribution is -2.52. The van der Waals surface area contributed by atoms with E-state index in [0.29, 0.717) is 6.61 Å². The van der Waals surface area contributed by atoms with Gasteiger partial charge in [-0.15, -0.1) is 0 Å². The fourth-order valence-electron chi connectivity index (χ4n) is 3.38. The summed E-state index contributed by atoms with van der Waals surface area (Å²) >= 11 is 0. The Balaban J connectivity index is 2.59. The van der Waals surface area contributed by atoms with E-state index in [1.165, 1.54) is 25.7 Å². The molecule has 4 atom stereocenters. The Hall–Kier alpha value is -1.60. The minimum atomic E-state index is -0.657. The SMILES string of the molecule is CCCCCCCC=C[C@H]1OC[C@H](C)[C@@H](OC)[C@H]1OC(=O)CNC(=O)OC(C)(C)C. The molecule has 0 unspecified atom stereocenters. The zero-order valence-electron chi connectivity index (χ0n) is 19.6. The van der Waals surface area contributed by atoms with Crippen molar-refractivity contribution < 1.29 is 28.5 Å². The predicted octanol–water partition coefficient (Wildman–Crippen LogP) is 4.39. The molecule has 7 nitrogen and oxygen atoms in total. The van der Waals surface area contributed by atoms with E-state index in [4.69, 9.17) is 18.9 Å². The van der Waals surface area contributed by atoms with E-state index >= 15 is 0 Å². The van der Waals surface area contributed by atoms with Crippen LogP contribution < -0.4 is 5.32 Å². The monoisotopic (exact) mass is 427 g/mol. The first-order chi connectivity index (χ1) is 14.2. The molecule has 1 aliphatic rings. The largest absolute Gasteiger partial charge is 0.455 e. The van der Waals surface area contributed by atoms with Crippen LogP contribution in [0.3, 0.4) is 0 Å². The Morgan fingerprint density at radius 2 is 1.83 bits per heavy atom. The molecule has 0 aromatic rings. The summed E-state index contributed by atoms with van der Waals surface area (Å²) in [5.41, 5.74) is -0.631. The molecular weight excluding hydrogens is 386 g/mol. The Kier molecular flexibility index (Phi) is 12.0. The van der Waals surface area contributed by atoms with Crippen molar-refractivity contribution in [1.29, 1.82) is 0 Å². The van der Waals surface area contributed by atoms with Crippen LogP contribution in [0.1, 0.15) is 73.1 Å². The van der Waals surface area contributed by atoms with E-state index in [1.54, 1.807) is 27.9 Å². The molecule has 0 aliphatic carbocycles. The minimum Gasteiger partial charge on any atom is -0.455 e. The highest BCUT2D eigenvalue weighted by Gasteiger charge is 2.40. The summed E-state index contributed by atoms with van der Waals surface area (Å²) in [6.45, 7) is 9.75. The van der Waals surface area contributed by atoms with Crippen molar-refractivity contribution in [3.8, 4) is 0 Å². The average molecular weight is 428 g/mol. The molecule has 174 valence electrons. The first-order valence-electron chi connectivity index (χ1n) is 11.1. The van der Waals surface area contributed by atoms with Gasteiger partial charge in [-0.3, -0.25) is 4.79 Å². The Morgan fingerprint density at radius 3 is 2.47 bits per heavy atom. The van der Waals surface area contributed by atoms with E-state index in [-0.39, 0.29) is 24.7 Å². The molecule has 0 bridgehead atoms. The molecule has 1 fully saturated rings. The van der Waals surface area contributed by atoms with Crippen LogP contribution >= 0.6 is 0 Å². The highest BCUT2D eigenvalue weighted by atomic mass is 16.6. The molecule has 1 saturated heterocycles. The van der Waals surface area contributed by atoms with Crippen molar-refractivity contribution >= 4 is 12.1 Å². The number of rotatable bonds is 11. The van der Waals surface area contributed by atoms with Gasteiger partial charge in [0, 0.05) is 13.0 Å². The van der Waals surface area contributed by atoms with E-state index in [2.05, 4.69) is 18.3 Å². The highest BCUT2D eigenvalue weighted by molar-refractivity contribution is 5.78. The van der Waals surface area contributed by atoms with Gasteiger partial charge in [-0.2, -0.15) is 0 Å². The van der Waals surface area contributed by atoms with Gasteiger partial charge in [0.15, 0.2) is 6.10 Å². The van der Waals surface area contributed by atoms with Crippen LogP contribution in [0.15, 0.2) is 12.2 Å². The Labute approximate surface area is 181 Å². The number of nitrogens with one attached hydrogen (secondary N) is 1. The number of carbonyl (C=O) groups is 2. The predicted molar refractivity (Wildman–Crippen MR) is 116 cm³/mol. The van der Waals surface area contributed by atoms with Crippen LogP contribution in [0.25, 0.3) is 0 Å². The lowest BCUT2D eigenvalue weighted by Gasteiger charge is -2.39. The second kappa shape index (κ2) is 13.7. The normalized spacial score (nSPS) is 24.6. The number of ether oxygens (including phenoxy) is 4. The first kappa shape index (κ1) is 26.4. The molecule has 7 heteroatoms. The van der Waals surface area contributed by atoms with Crippen LogP contribution in [0, 0.1) is 5.92 Å². The molecule has 0 spiro atoms. The Bertz CT molecular complexity index is 542. The molecule has 1 N–H and O–H groups in total. The van der Waals surface area contributed by atoms with Gasteiger partial charge in [-0.1, -0.05) is 51.7 Å². The molecule has 1 aliphatic heterocycles. The van der Waals surface area contributed by atoms with Gasteiger partial charge in [-0.05, 0) is 33.6 Å². The molecular formula is C23H41NO6. The highest BCUT2D eigenvalue weighted by Crippen LogP contribution is 2.26. The van der Waals surface area contributed by atoms with E-state index < -0.39 is 23.8 Å². The first-order valence-corrected chi connectivity index (χ1v) is 11.1. The van der Waals surface area contributed by atoms with Crippen molar-refractivity contribution in [2.24, 2.45) is 5.92 Å². The number of unbranched alkanes of at least 4 members (excludes halogenated alkanes) is 5. The summed E-state index contributed by atoms with van der Waals surface area (Å²) in [5, 5.41) is 2.43. The molecule has 0 aromatic carbocycles. The second-order valence-corrected chi connectivity index (χ2v) is 8.92. The van der Waals surface area contributed by atoms with Crippen molar-refractivity contribution in [1.82, 2.24) is 5.32 Å². The van der Waals surface area contributed by atoms with E-state index in [0.717, 1.165) is 12.8 Å². The maximum atomic E-state index is 12.3. The summed E-state index contributed by atoms with van der Waals surface area (Å²) in [6.07, 6.45) is 9.30. The van der Waals surface area contributed by atoms with Gasteiger partial charge >= 0.3 is 12.1 Å². The maximum absolute atomic E-state index is 12.3. The number of alkyl carbamates (subject to hydrolysis) is 1. The van der Waals surface area contributed by atoms with Crippen molar-refractivity contribution in [2.45, 2.75) is 97.1 Å². The summed E-state index contributed by atoms with van der Waals surface area (Å²) in [5.74, 6) is -0.464. The lowest BCUT2D eigenvalue weighted by atomic mass is 9.93. The quantitative estimate of drug-likeness (QED) is 0.299. The number of amides is 1. The molecule has 0 radical (unpaired) electrons. The van der Waals surface area contributed by atoms with Crippen molar-refractivity contribution in [2.75, 3.05) is 20.3 Å². The maximum Gasteiger partial charge on any atom is 0.408 e. The minimum absolute atomic E-state index is 0.0882. The number of methoxy groups -OCH3 is 1. The van der Waals surface area contributed by atoms with E-state index in [1.807, 2.05) is 13.0 Å². The second-order valence-electron chi connectivity index (χ2n) is 8.92. The number of allylic oxidation sites excluding steroid dienone is 1. The lowest BCUT2D eigenvalue weighted by molar-refractivity contribution is -0.189. The molecule has 0 saturated carbocycles. The standard InChI is InChI=1S/C23H41NO6/c1-7-8-9-10-11-12-13-14-18-21(20(27-6)17(2)16-28-18)29-19(25)15-24-22(26)30-23(3,4)5/h13-14,17-18,20-21H,7-12,15-16H2,1-6H3,(H,24,26)/t17-,18+,20+,21-/m0/s1.